The summed E-state index contributed by atoms with van der Waals surface area (Å²) >= 11 is 0. The van der Waals surface area contributed by atoms with Crippen molar-refractivity contribution in [2.75, 3.05) is 0 Å². The van der Waals surface area contributed by atoms with Crippen molar-refractivity contribution in [3.8, 4) is 0 Å². The maximum absolute atomic E-state index is 10.7. The molecule has 1 aromatic rings. The van der Waals surface area contributed by atoms with Crippen LogP contribution in [0.15, 0.2) is 24.3 Å². The maximum Gasteiger partial charge on any atom is 0.306 e. The molecule has 0 unspecified atom stereocenters. The van der Waals surface area contributed by atoms with Crippen molar-refractivity contribution in [1.29, 1.82) is 0 Å². The molecule has 0 heterocycles. The van der Waals surface area contributed by atoms with Crippen molar-refractivity contribution in [1.82, 2.24) is 0 Å². The fourth-order valence-corrected chi connectivity index (χ4v) is 2.12. The summed E-state index contributed by atoms with van der Waals surface area (Å²) in [5, 5.41) is 8.82. The van der Waals surface area contributed by atoms with Gasteiger partial charge in [0.05, 0.1) is 5.92 Å². The van der Waals surface area contributed by atoms with Gasteiger partial charge < -0.3 is 5.11 Å². The summed E-state index contributed by atoms with van der Waals surface area (Å²) in [7, 11) is 0. The Kier molecular flexibility index (Phi) is 2.99. The summed E-state index contributed by atoms with van der Waals surface area (Å²) in [4.78, 5) is 10.7. The first-order chi connectivity index (χ1) is 7.58. The van der Waals surface area contributed by atoms with E-state index in [0.717, 1.165) is 12.8 Å². The SMILES string of the molecule is CC(C)c1ccc(C[C@@H]2C[C@@H]2C(=O)O)cc1. The summed E-state index contributed by atoms with van der Waals surface area (Å²) in [5.74, 6) is 0.192. The third-order valence-corrected chi connectivity index (χ3v) is 3.38. The van der Waals surface area contributed by atoms with E-state index in [2.05, 4.69) is 38.1 Å². The van der Waals surface area contributed by atoms with E-state index >= 15 is 0 Å². The van der Waals surface area contributed by atoms with Crippen molar-refractivity contribution in [3.63, 3.8) is 0 Å². The van der Waals surface area contributed by atoms with Gasteiger partial charge >= 0.3 is 5.97 Å². The molecule has 1 fully saturated rings. The zero-order valence-corrected chi connectivity index (χ0v) is 9.81. The quantitative estimate of drug-likeness (QED) is 0.843. The van der Waals surface area contributed by atoms with Crippen LogP contribution in [-0.4, -0.2) is 11.1 Å². The Morgan fingerprint density at radius 1 is 1.38 bits per heavy atom. The van der Waals surface area contributed by atoms with E-state index in [9.17, 15) is 4.79 Å². The number of carboxylic acid groups (broad SMARTS) is 1. The van der Waals surface area contributed by atoms with Crippen LogP contribution in [0.25, 0.3) is 0 Å². The smallest absolute Gasteiger partial charge is 0.306 e. The third kappa shape index (κ3) is 2.43. The largest absolute Gasteiger partial charge is 0.481 e. The van der Waals surface area contributed by atoms with E-state index in [1.807, 2.05) is 0 Å². The van der Waals surface area contributed by atoms with Gasteiger partial charge in [0.1, 0.15) is 0 Å². The molecular weight excluding hydrogens is 200 g/mol. The topological polar surface area (TPSA) is 37.3 Å². The monoisotopic (exact) mass is 218 g/mol. The molecule has 0 saturated heterocycles. The van der Waals surface area contributed by atoms with Crippen molar-refractivity contribution in [2.45, 2.75) is 32.6 Å². The minimum atomic E-state index is -0.635. The van der Waals surface area contributed by atoms with E-state index in [1.165, 1.54) is 11.1 Å². The van der Waals surface area contributed by atoms with Gasteiger partial charge in [-0.2, -0.15) is 0 Å². The average Bonchev–Trinajstić information content (AvgIpc) is 2.98. The van der Waals surface area contributed by atoms with Gasteiger partial charge in [-0.15, -0.1) is 0 Å². The third-order valence-electron chi connectivity index (χ3n) is 3.38. The van der Waals surface area contributed by atoms with Crippen LogP contribution in [0.3, 0.4) is 0 Å². The number of rotatable bonds is 4. The number of carboxylic acids is 1. The molecule has 1 N–H and O–H groups in total. The highest BCUT2D eigenvalue weighted by Gasteiger charge is 2.42. The molecule has 86 valence electrons. The fraction of sp³-hybridized carbons (Fsp3) is 0.500. The highest BCUT2D eigenvalue weighted by atomic mass is 16.4. The lowest BCUT2D eigenvalue weighted by Gasteiger charge is -2.06. The molecule has 0 bridgehead atoms. The molecular formula is C14H18O2. The lowest BCUT2D eigenvalue weighted by atomic mass is 10.00. The fourth-order valence-electron chi connectivity index (χ4n) is 2.12. The van der Waals surface area contributed by atoms with Gasteiger partial charge in [0.15, 0.2) is 0 Å². The first kappa shape index (κ1) is 11.2. The molecule has 0 aliphatic heterocycles. The molecule has 16 heavy (non-hydrogen) atoms. The standard InChI is InChI=1S/C14H18O2/c1-9(2)11-5-3-10(4-6-11)7-12-8-13(12)14(15)16/h3-6,9,12-13H,7-8H2,1-2H3,(H,15,16)/t12-,13+/m1/s1. The minimum absolute atomic E-state index is 0.0928. The van der Waals surface area contributed by atoms with Crippen LogP contribution in [0, 0.1) is 11.8 Å². The van der Waals surface area contributed by atoms with E-state index in [0.29, 0.717) is 11.8 Å². The first-order valence-corrected chi connectivity index (χ1v) is 5.89. The van der Waals surface area contributed by atoms with Gasteiger partial charge in [-0.1, -0.05) is 38.1 Å². The number of hydrogen-bond donors (Lipinski definition) is 1. The molecule has 0 aromatic heterocycles. The predicted molar refractivity (Wildman–Crippen MR) is 63.5 cm³/mol. The van der Waals surface area contributed by atoms with Crippen molar-refractivity contribution in [3.05, 3.63) is 35.4 Å². The predicted octanol–water partition coefficient (Wildman–Crippen LogP) is 3.07. The van der Waals surface area contributed by atoms with E-state index < -0.39 is 5.97 Å². The number of carbonyl (C=O) groups is 1. The highest BCUT2D eigenvalue weighted by Crippen LogP contribution is 2.41. The van der Waals surface area contributed by atoms with E-state index in [1.54, 1.807) is 0 Å². The molecule has 1 aromatic carbocycles. The maximum atomic E-state index is 10.7. The van der Waals surface area contributed by atoms with Crippen molar-refractivity contribution < 1.29 is 9.90 Å². The van der Waals surface area contributed by atoms with Gasteiger partial charge in [-0.25, -0.2) is 0 Å². The molecule has 2 heteroatoms. The molecule has 0 spiro atoms. The Bertz CT molecular complexity index is 378. The molecule has 0 amide bonds. The number of aliphatic carboxylic acids is 1. The Morgan fingerprint density at radius 3 is 2.44 bits per heavy atom. The lowest BCUT2D eigenvalue weighted by Crippen LogP contribution is -2.01. The second-order valence-electron chi connectivity index (χ2n) is 5.04. The molecule has 2 atom stereocenters. The van der Waals surface area contributed by atoms with Crippen LogP contribution in [0.5, 0.6) is 0 Å². The van der Waals surface area contributed by atoms with Gasteiger partial charge in [0.2, 0.25) is 0 Å². The molecule has 0 radical (unpaired) electrons. The zero-order valence-electron chi connectivity index (χ0n) is 9.81. The molecule has 1 aliphatic carbocycles. The van der Waals surface area contributed by atoms with Crippen LogP contribution in [-0.2, 0) is 11.2 Å². The second kappa shape index (κ2) is 4.28. The van der Waals surface area contributed by atoms with Crippen LogP contribution in [0.4, 0.5) is 0 Å². The van der Waals surface area contributed by atoms with Gasteiger partial charge in [-0.3, -0.25) is 4.79 Å². The van der Waals surface area contributed by atoms with Crippen molar-refractivity contribution >= 4 is 5.97 Å². The van der Waals surface area contributed by atoms with Gasteiger partial charge in [0.25, 0.3) is 0 Å². The van der Waals surface area contributed by atoms with E-state index in [4.69, 9.17) is 5.11 Å². The Labute approximate surface area is 96.3 Å². The van der Waals surface area contributed by atoms with Crippen molar-refractivity contribution in [2.24, 2.45) is 11.8 Å². The average molecular weight is 218 g/mol. The second-order valence-corrected chi connectivity index (χ2v) is 5.04. The summed E-state index contributed by atoms with van der Waals surface area (Å²) in [6, 6.07) is 8.56. The summed E-state index contributed by atoms with van der Waals surface area (Å²) in [6.45, 7) is 4.35. The Balaban J connectivity index is 1.94. The number of hydrogen-bond acceptors (Lipinski definition) is 1. The minimum Gasteiger partial charge on any atom is -0.481 e. The highest BCUT2D eigenvalue weighted by molar-refractivity contribution is 5.73. The van der Waals surface area contributed by atoms with Crippen LogP contribution >= 0.6 is 0 Å². The number of benzene rings is 1. The molecule has 1 aliphatic rings. The van der Waals surface area contributed by atoms with Crippen LogP contribution in [0.1, 0.15) is 37.3 Å². The molecule has 1 saturated carbocycles. The van der Waals surface area contributed by atoms with Gasteiger partial charge in [0, 0.05) is 0 Å². The van der Waals surface area contributed by atoms with Crippen LogP contribution < -0.4 is 0 Å². The van der Waals surface area contributed by atoms with Crippen LogP contribution in [0.2, 0.25) is 0 Å². The van der Waals surface area contributed by atoms with E-state index in [-0.39, 0.29) is 5.92 Å². The first-order valence-electron chi connectivity index (χ1n) is 5.89. The zero-order chi connectivity index (χ0) is 11.7. The van der Waals surface area contributed by atoms with Gasteiger partial charge in [-0.05, 0) is 35.8 Å². The lowest BCUT2D eigenvalue weighted by molar-refractivity contribution is -0.138. The summed E-state index contributed by atoms with van der Waals surface area (Å²) in [6.07, 6.45) is 1.76. The summed E-state index contributed by atoms with van der Waals surface area (Å²) < 4.78 is 0. The Hall–Kier alpha value is -1.31. The Morgan fingerprint density at radius 2 is 2.00 bits per heavy atom. The normalized spacial score (nSPS) is 23.4. The molecule has 2 rings (SSSR count). The molecule has 2 nitrogen and oxygen atoms in total. The summed E-state index contributed by atoms with van der Waals surface area (Å²) in [5.41, 5.74) is 2.60.